The Morgan fingerprint density at radius 3 is 2.68 bits per heavy atom. The van der Waals surface area contributed by atoms with Crippen LogP contribution in [0.3, 0.4) is 0 Å². The van der Waals surface area contributed by atoms with Crippen LogP contribution in [0.1, 0.15) is 11.1 Å². The number of nitrogens with one attached hydrogen (secondary N) is 1. The highest BCUT2D eigenvalue weighted by Gasteiger charge is 2.14. The average Bonchev–Trinajstić information content (AvgIpc) is 3.14. The summed E-state index contributed by atoms with van der Waals surface area (Å²) in [6, 6.07) is 18.4. The molecule has 0 radical (unpaired) electrons. The van der Waals surface area contributed by atoms with E-state index in [-0.39, 0.29) is 12.4 Å². The van der Waals surface area contributed by atoms with Gasteiger partial charge in [-0.25, -0.2) is 9.37 Å². The number of rotatable bonds is 6. The molecule has 0 aliphatic heterocycles. The van der Waals surface area contributed by atoms with E-state index in [4.69, 9.17) is 9.52 Å². The number of aliphatic hydroxyl groups excluding tert-OH is 1. The molecule has 0 atom stereocenters. The molecule has 1 aromatic heterocycles. The maximum Gasteiger partial charge on any atom is 0.227 e. The Bertz CT molecular complexity index is 1120. The molecule has 0 bridgehead atoms. The third kappa shape index (κ3) is 3.67. The Hall–Kier alpha value is -3.02. The minimum Gasteiger partial charge on any atom is -0.436 e. The lowest BCUT2D eigenvalue weighted by atomic mass is 10.00. The van der Waals surface area contributed by atoms with E-state index in [1.54, 1.807) is 6.07 Å². The highest BCUT2D eigenvalue weighted by Crippen LogP contribution is 2.33. The van der Waals surface area contributed by atoms with Gasteiger partial charge in [0.2, 0.25) is 5.89 Å². The number of aryl methyl sites for hydroxylation is 1. The Balaban J connectivity index is 1.71. The lowest BCUT2D eigenvalue weighted by Crippen LogP contribution is -2.17. The summed E-state index contributed by atoms with van der Waals surface area (Å²) in [4.78, 5) is 4.63. The van der Waals surface area contributed by atoms with Crippen molar-refractivity contribution in [3.8, 4) is 22.6 Å². The first kappa shape index (κ1) is 18.3. The third-order valence-electron chi connectivity index (χ3n) is 4.73. The van der Waals surface area contributed by atoms with Crippen molar-refractivity contribution in [1.82, 2.24) is 10.3 Å². The summed E-state index contributed by atoms with van der Waals surface area (Å²) in [7, 11) is 0. The van der Waals surface area contributed by atoms with E-state index < -0.39 is 0 Å². The number of aromatic nitrogens is 1. The standard InChI is InChI=1S/C23H21FN2O2/c1-15-20(17-5-3-7-19(24)13-17)8-9-21-22(15)28-23(26-21)18-6-2-4-16(12-18)14-25-10-11-27/h2-9,12-13,25,27H,10-11,14H2,1H3. The molecule has 3 aromatic carbocycles. The largest absolute Gasteiger partial charge is 0.436 e. The molecule has 28 heavy (non-hydrogen) atoms. The normalized spacial score (nSPS) is 11.2. The number of fused-ring (bicyclic) bond motifs is 1. The van der Waals surface area contributed by atoms with Crippen LogP contribution in [0.4, 0.5) is 4.39 Å². The Morgan fingerprint density at radius 1 is 1.04 bits per heavy atom. The van der Waals surface area contributed by atoms with Gasteiger partial charge in [0.25, 0.3) is 0 Å². The van der Waals surface area contributed by atoms with E-state index in [0.29, 0.717) is 24.6 Å². The van der Waals surface area contributed by atoms with Crippen LogP contribution >= 0.6 is 0 Å². The zero-order valence-electron chi connectivity index (χ0n) is 15.6. The van der Waals surface area contributed by atoms with Crippen LogP contribution in [0.15, 0.2) is 65.1 Å². The molecular formula is C23H21FN2O2. The molecule has 0 unspecified atom stereocenters. The molecular weight excluding hydrogens is 355 g/mol. The molecule has 0 aliphatic rings. The van der Waals surface area contributed by atoms with Crippen molar-refractivity contribution in [3.05, 3.63) is 77.6 Å². The monoisotopic (exact) mass is 376 g/mol. The predicted molar refractivity (Wildman–Crippen MR) is 108 cm³/mol. The van der Waals surface area contributed by atoms with E-state index in [0.717, 1.165) is 33.3 Å². The van der Waals surface area contributed by atoms with Gasteiger partial charge < -0.3 is 14.8 Å². The van der Waals surface area contributed by atoms with Crippen molar-refractivity contribution in [2.45, 2.75) is 13.5 Å². The van der Waals surface area contributed by atoms with Gasteiger partial charge in [0.15, 0.2) is 5.58 Å². The van der Waals surface area contributed by atoms with Gasteiger partial charge in [0.05, 0.1) is 6.61 Å². The maximum absolute atomic E-state index is 13.6. The maximum atomic E-state index is 13.6. The highest BCUT2D eigenvalue weighted by molar-refractivity contribution is 5.86. The van der Waals surface area contributed by atoms with Crippen LogP contribution in [-0.2, 0) is 6.54 Å². The fraction of sp³-hybridized carbons (Fsp3) is 0.174. The molecule has 0 saturated carbocycles. The fourth-order valence-electron chi connectivity index (χ4n) is 3.34. The molecule has 4 rings (SSSR count). The topological polar surface area (TPSA) is 58.3 Å². The summed E-state index contributed by atoms with van der Waals surface area (Å²) in [5, 5.41) is 12.1. The molecule has 1 heterocycles. The predicted octanol–water partition coefficient (Wildman–Crippen LogP) is 4.69. The SMILES string of the molecule is Cc1c(-c2cccc(F)c2)ccc2nc(-c3cccc(CNCCO)c3)oc12. The second-order valence-electron chi connectivity index (χ2n) is 6.72. The van der Waals surface area contributed by atoms with Gasteiger partial charge in [-0.3, -0.25) is 0 Å². The Morgan fingerprint density at radius 2 is 1.86 bits per heavy atom. The molecule has 0 aliphatic carbocycles. The summed E-state index contributed by atoms with van der Waals surface area (Å²) < 4.78 is 19.7. The van der Waals surface area contributed by atoms with E-state index in [2.05, 4.69) is 10.3 Å². The van der Waals surface area contributed by atoms with Crippen LogP contribution in [0.25, 0.3) is 33.7 Å². The van der Waals surface area contributed by atoms with Gasteiger partial charge in [-0.05, 0) is 53.9 Å². The van der Waals surface area contributed by atoms with Gasteiger partial charge in [-0.2, -0.15) is 0 Å². The van der Waals surface area contributed by atoms with Gasteiger partial charge >= 0.3 is 0 Å². The van der Waals surface area contributed by atoms with E-state index in [1.165, 1.54) is 12.1 Å². The lowest BCUT2D eigenvalue weighted by molar-refractivity contribution is 0.292. The van der Waals surface area contributed by atoms with Crippen LogP contribution in [0, 0.1) is 12.7 Å². The quantitative estimate of drug-likeness (QED) is 0.479. The molecule has 4 nitrogen and oxygen atoms in total. The van der Waals surface area contributed by atoms with Crippen molar-refractivity contribution in [1.29, 1.82) is 0 Å². The third-order valence-corrected chi connectivity index (χ3v) is 4.73. The first-order valence-corrected chi connectivity index (χ1v) is 9.22. The van der Waals surface area contributed by atoms with E-state index in [1.807, 2.05) is 49.4 Å². The minimum atomic E-state index is -0.262. The van der Waals surface area contributed by atoms with Crippen molar-refractivity contribution in [2.75, 3.05) is 13.2 Å². The number of benzene rings is 3. The molecule has 0 fully saturated rings. The summed E-state index contributed by atoms with van der Waals surface area (Å²) in [6.07, 6.45) is 0. The first-order valence-electron chi connectivity index (χ1n) is 9.22. The van der Waals surface area contributed by atoms with Crippen molar-refractivity contribution < 1.29 is 13.9 Å². The molecule has 0 amide bonds. The number of nitrogens with zero attached hydrogens (tertiary/aromatic N) is 1. The molecule has 5 heteroatoms. The number of hydrogen-bond acceptors (Lipinski definition) is 4. The molecule has 0 saturated heterocycles. The molecule has 4 aromatic rings. The highest BCUT2D eigenvalue weighted by atomic mass is 19.1. The van der Waals surface area contributed by atoms with Crippen LogP contribution in [0.2, 0.25) is 0 Å². The van der Waals surface area contributed by atoms with Crippen LogP contribution < -0.4 is 5.32 Å². The first-order chi connectivity index (χ1) is 13.7. The summed E-state index contributed by atoms with van der Waals surface area (Å²) in [5.41, 5.74) is 6.14. The minimum absolute atomic E-state index is 0.109. The van der Waals surface area contributed by atoms with E-state index >= 15 is 0 Å². The van der Waals surface area contributed by atoms with Crippen LogP contribution in [-0.4, -0.2) is 23.2 Å². The van der Waals surface area contributed by atoms with Gasteiger partial charge in [-0.1, -0.05) is 30.3 Å². The zero-order valence-corrected chi connectivity index (χ0v) is 15.6. The number of halogens is 1. The average molecular weight is 376 g/mol. The number of hydrogen-bond donors (Lipinski definition) is 2. The number of oxazole rings is 1. The second kappa shape index (κ2) is 7.92. The molecule has 142 valence electrons. The summed E-state index contributed by atoms with van der Waals surface area (Å²) in [6.45, 7) is 3.29. The molecule has 2 N–H and O–H groups in total. The van der Waals surface area contributed by atoms with Crippen molar-refractivity contribution in [2.24, 2.45) is 0 Å². The van der Waals surface area contributed by atoms with Gasteiger partial charge in [0.1, 0.15) is 11.3 Å². The molecule has 0 spiro atoms. The Labute approximate surface area is 162 Å². The van der Waals surface area contributed by atoms with Gasteiger partial charge in [0, 0.05) is 24.2 Å². The van der Waals surface area contributed by atoms with E-state index in [9.17, 15) is 4.39 Å². The summed E-state index contributed by atoms with van der Waals surface area (Å²) in [5.74, 6) is 0.292. The van der Waals surface area contributed by atoms with Gasteiger partial charge in [-0.15, -0.1) is 0 Å². The fourth-order valence-corrected chi connectivity index (χ4v) is 3.34. The number of aliphatic hydroxyl groups is 1. The van der Waals surface area contributed by atoms with Crippen LogP contribution in [0.5, 0.6) is 0 Å². The second-order valence-corrected chi connectivity index (χ2v) is 6.72. The summed E-state index contributed by atoms with van der Waals surface area (Å²) >= 11 is 0. The Kier molecular flexibility index (Phi) is 5.19. The van der Waals surface area contributed by atoms with Crippen molar-refractivity contribution in [3.63, 3.8) is 0 Å². The lowest BCUT2D eigenvalue weighted by Gasteiger charge is -2.06. The zero-order chi connectivity index (χ0) is 19.5. The smallest absolute Gasteiger partial charge is 0.227 e. The van der Waals surface area contributed by atoms with Crippen molar-refractivity contribution >= 4 is 11.1 Å².